The van der Waals surface area contributed by atoms with E-state index in [1.54, 1.807) is 0 Å². The number of carbonyl (C=O) groups is 1. The third kappa shape index (κ3) is 5.13. The van der Waals surface area contributed by atoms with Gasteiger partial charge in [-0.2, -0.15) is 0 Å². The van der Waals surface area contributed by atoms with Crippen molar-refractivity contribution in [2.45, 2.75) is 84.8 Å². The van der Waals surface area contributed by atoms with Gasteiger partial charge in [0.05, 0.1) is 0 Å². The van der Waals surface area contributed by atoms with Gasteiger partial charge in [-0.3, -0.25) is 4.79 Å². The van der Waals surface area contributed by atoms with Gasteiger partial charge in [0, 0.05) is 18.1 Å². The Morgan fingerprint density at radius 1 is 0.947 bits per heavy atom. The molecule has 0 bridgehead atoms. The number of rotatable bonds is 11. The van der Waals surface area contributed by atoms with E-state index in [9.17, 15) is 4.79 Å². The molecule has 3 heteroatoms. The largest absolute Gasteiger partial charge is 0.338 e. The fourth-order valence-electron chi connectivity index (χ4n) is 3.09. The summed E-state index contributed by atoms with van der Waals surface area (Å²) in [4.78, 5) is 16.1. The molecular weight excluding hydrogens is 236 g/mol. The summed E-state index contributed by atoms with van der Waals surface area (Å²) < 4.78 is 0. The zero-order chi connectivity index (χ0) is 14.8. The first-order chi connectivity index (χ1) is 9.10. The lowest BCUT2D eigenvalue weighted by Crippen LogP contribution is -2.53. The number of hydrogen-bond donors (Lipinski definition) is 0. The Morgan fingerprint density at radius 3 is 1.84 bits per heavy atom. The lowest BCUT2D eigenvalue weighted by atomic mass is 9.95. The molecule has 0 spiro atoms. The summed E-state index contributed by atoms with van der Waals surface area (Å²) in [7, 11) is 2.17. The first-order valence-corrected chi connectivity index (χ1v) is 8.03. The molecule has 0 fully saturated rings. The number of likely N-dealkylation sites (N-methyl/N-ethyl adjacent to an activating group) is 1. The van der Waals surface area contributed by atoms with E-state index in [1.807, 2.05) is 0 Å². The van der Waals surface area contributed by atoms with Crippen LogP contribution in [-0.2, 0) is 4.79 Å². The molecule has 0 aliphatic rings. The fraction of sp³-hybridized carbons (Fsp3) is 0.938. The van der Waals surface area contributed by atoms with Crippen LogP contribution in [-0.4, -0.2) is 47.9 Å². The number of amides is 1. The summed E-state index contributed by atoms with van der Waals surface area (Å²) in [5.74, 6) is 0. The summed E-state index contributed by atoms with van der Waals surface area (Å²) in [6, 6.07) is 1.20. The Bertz CT molecular complexity index is 229. The van der Waals surface area contributed by atoms with Crippen molar-refractivity contribution in [3.63, 3.8) is 0 Å². The Kier molecular flexibility index (Phi) is 9.94. The molecule has 0 saturated carbocycles. The smallest absolute Gasteiger partial charge is 0.210 e. The van der Waals surface area contributed by atoms with E-state index in [-0.39, 0.29) is 0 Å². The van der Waals surface area contributed by atoms with Crippen LogP contribution < -0.4 is 0 Å². The zero-order valence-corrected chi connectivity index (χ0v) is 13.9. The van der Waals surface area contributed by atoms with E-state index in [0.717, 1.165) is 45.1 Å². The summed E-state index contributed by atoms with van der Waals surface area (Å²) >= 11 is 0. The number of carbonyl (C=O) groups excluding carboxylic acids is 1. The molecular formula is C16H34N2O. The molecule has 0 radical (unpaired) electrons. The lowest BCUT2D eigenvalue weighted by molar-refractivity contribution is -0.124. The van der Waals surface area contributed by atoms with Crippen LogP contribution in [0.15, 0.2) is 0 Å². The maximum atomic E-state index is 11.6. The minimum atomic E-state index is 0.349. The van der Waals surface area contributed by atoms with Crippen LogP contribution >= 0.6 is 0 Å². The van der Waals surface area contributed by atoms with Crippen LogP contribution in [0.25, 0.3) is 0 Å². The molecule has 0 N–H and O–H groups in total. The molecule has 0 heterocycles. The van der Waals surface area contributed by atoms with E-state index in [2.05, 4.69) is 51.5 Å². The highest BCUT2D eigenvalue weighted by Crippen LogP contribution is 2.21. The standard InChI is InChI=1S/C16H34N2O/c1-7-12-16(15(10-4)17(6)11-5)18(13-19)14(8-2)9-3/h13-16H,7-12H2,1-6H3/t15-,16?/m1/s1. The van der Waals surface area contributed by atoms with Crippen LogP contribution in [0.1, 0.15) is 66.7 Å². The minimum absolute atomic E-state index is 0.349. The van der Waals surface area contributed by atoms with Crippen LogP contribution in [0, 0.1) is 0 Å². The monoisotopic (exact) mass is 270 g/mol. The average molecular weight is 270 g/mol. The molecule has 19 heavy (non-hydrogen) atoms. The van der Waals surface area contributed by atoms with Gasteiger partial charge in [0.2, 0.25) is 6.41 Å². The molecule has 0 aromatic heterocycles. The van der Waals surface area contributed by atoms with E-state index in [1.165, 1.54) is 0 Å². The Morgan fingerprint density at radius 2 is 1.53 bits per heavy atom. The molecule has 1 unspecified atom stereocenters. The van der Waals surface area contributed by atoms with Gasteiger partial charge in [-0.25, -0.2) is 0 Å². The average Bonchev–Trinajstić information content (AvgIpc) is 2.44. The second-order valence-corrected chi connectivity index (χ2v) is 5.43. The Balaban J connectivity index is 5.15. The van der Waals surface area contributed by atoms with Crippen LogP contribution in [0.4, 0.5) is 0 Å². The van der Waals surface area contributed by atoms with Crippen molar-refractivity contribution in [2.24, 2.45) is 0 Å². The summed E-state index contributed by atoms with van der Waals surface area (Å²) in [6.07, 6.45) is 6.49. The highest BCUT2D eigenvalue weighted by Gasteiger charge is 2.30. The molecule has 0 saturated heterocycles. The van der Waals surface area contributed by atoms with Gasteiger partial charge in [0.15, 0.2) is 0 Å². The number of hydrogen-bond acceptors (Lipinski definition) is 2. The van der Waals surface area contributed by atoms with E-state index in [4.69, 9.17) is 0 Å². The topological polar surface area (TPSA) is 23.6 Å². The van der Waals surface area contributed by atoms with Gasteiger partial charge >= 0.3 is 0 Å². The molecule has 0 aromatic carbocycles. The summed E-state index contributed by atoms with van der Waals surface area (Å²) in [5.41, 5.74) is 0. The fourth-order valence-corrected chi connectivity index (χ4v) is 3.09. The van der Waals surface area contributed by atoms with Gasteiger partial charge in [-0.15, -0.1) is 0 Å². The van der Waals surface area contributed by atoms with Crippen molar-refractivity contribution in [1.82, 2.24) is 9.80 Å². The van der Waals surface area contributed by atoms with Gasteiger partial charge in [0.1, 0.15) is 0 Å². The second-order valence-electron chi connectivity index (χ2n) is 5.43. The van der Waals surface area contributed by atoms with Gasteiger partial charge in [-0.05, 0) is 39.3 Å². The van der Waals surface area contributed by atoms with E-state index >= 15 is 0 Å². The zero-order valence-electron chi connectivity index (χ0n) is 13.9. The van der Waals surface area contributed by atoms with Crippen molar-refractivity contribution in [3.8, 4) is 0 Å². The molecule has 0 aromatic rings. The van der Waals surface area contributed by atoms with Crippen molar-refractivity contribution < 1.29 is 4.79 Å². The van der Waals surface area contributed by atoms with Gasteiger partial charge in [-0.1, -0.05) is 41.0 Å². The molecule has 114 valence electrons. The normalized spacial score (nSPS) is 14.7. The maximum Gasteiger partial charge on any atom is 0.210 e. The quantitative estimate of drug-likeness (QED) is 0.536. The van der Waals surface area contributed by atoms with Crippen molar-refractivity contribution in [1.29, 1.82) is 0 Å². The van der Waals surface area contributed by atoms with Crippen LogP contribution in [0.2, 0.25) is 0 Å². The van der Waals surface area contributed by atoms with E-state index < -0.39 is 0 Å². The first kappa shape index (κ1) is 18.4. The highest BCUT2D eigenvalue weighted by atomic mass is 16.1. The van der Waals surface area contributed by atoms with Crippen molar-refractivity contribution >= 4 is 6.41 Å². The first-order valence-electron chi connectivity index (χ1n) is 8.03. The van der Waals surface area contributed by atoms with Gasteiger partial charge in [0.25, 0.3) is 0 Å². The molecule has 0 rings (SSSR count). The van der Waals surface area contributed by atoms with Crippen LogP contribution in [0.5, 0.6) is 0 Å². The molecule has 0 aliphatic carbocycles. The second kappa shape index (κ2) is 10.2. The highest BCUT2D eigenvalue weighted by molar-refractivity contribution is 5.48. The maximum absolute atomic E-state index is 11.6. The third-order valence-corrected chi connectivity index (χ3v) is 4.38. The predicted octanol–water partition coefficient (Wildman–Crippen LogP) is 3.53. The van der Waals surface area contributed by atoms with Crippen molar-refractivity contribution in [2.75, 3.05) is 13.6 Å². The summed E-state index contributed by atoms with van der Waals surface area (Å²) in [6.45, 7) is 12.0. The van der Waals surface area contributed by atoms with Gasteiger partial charge < -0.3 is 9.80 Å². The Hall–Kier alpha value is -0.570. The molecule has 0 aliphatic heterocycles. The third-order valence-electron chi connectivity index (χ3n) is 4.38. The number of nitrogens with zero attached hydrogens (tertiary/aromatic N) is 2. The van der Waals surface area contributed by atoms with Crippen molar-refractivity contribution in [3.05, 3.63) is 0 Å². The summed E-state index contributed by atoms with van der Waals surface area (Å²) in [5, 5.41) is 0. The lowest BCUT2D eigenvalue weighted by Gasteiger charge is -2.42. The van der Waals surface area contributed by atoms with Crippen LogP contribution in [0.3, 0.4) is 0 Å². The minimum Gasteiger partial charge on any atom is -0.338 e. The molecule has 1 amide bonds. The predicted molar refractivity (Wildman–Crippen MR) is 83.4 cm³/mol. The molecule has 2 atom stereocenters. The van der Waals surface area contributed by atoms with E-state index in [0.29, 0.717) is 18.1 Å². The Labute approximate surface area is 120 Å². The SMILES string of the molecule is CCCC([C@@H](CC)N(C)CC)N(C=O)C(CC)CC. The molecule has 3 nitrogen and oxygen atoms in total.